The molecule has 10 nitrogen and oxygen atoms in total. The van der Waals surface area contributed by atoms with Crippen LogP contribution in [0.4, 0.5) is 11.5 Å². The van der Waals surface area contributed by atoms with Crippen molar-refractivity contribution < 1.29 is 8.42 Å². The number of nitrogens with zero attached hydrogens (tertiary/aromatic N) is 7. The number of sulfonamides is 1. The fourth-order valence-electron chi connectivity index (χ4n) is 4.47. The average molecular weight is 491 g/mol. The minimum absolute atomic E-state index is 0.0000520. The molecule has 35 heavy (non-hydrogen) atoms. The van der Waals surface area contributed by atoms with E-state index in [0.29, 0.717) is 17.1 Å². The number of benzene rings is 1. The molecule has 5 rings (SSSR count). The monoisotopic (exact) mass is 490 g/mol. The molecule has 0 bridgehead atoms. The van der Waals surface area contributed by atoms with Crippen LogP contribution in [0.3, 0.4) is 0 Å². The van der Waals surface area contributed by atoms with E-state index in [0.717, 1.165) is 29.6 Å². The molecule has 180 valence electrons. The number of hydrogen-bond acceptors (Lipinski definition) is 8. The Hall–Kier alpha value is -3.86. The first kappa shape index (κ1) is 22.9. The molecule has 1 N–H and O–H groups in total. The summed E-state index contributed by atoms with van der Waals surface area (Å²) in [6.07, 6.45) is 5.63. The van der Waals surface area contributed by atoms with Crippen LogP contribution in [0.15, 0.2) is 59.9 Å². The topological polar surface area (TPSA) is 119 Å². The van der Waals surface area contributed by atoms with Gasteiger partial charge in [0.25, 0.3) is 10.0 Å². The minimum atomic E-state index is -3.81. The van der Waals surface area contributed by atoms with Crippen LogP contribution in [-0.2, 0) is 10.0 Å². The fourth-order valence-corrected chi connectivity index (χ4v) is 5.55. The lowest BCUT2D eigenvalue weighted by atomic mass is 10.1. The number of hydrogen-bond donors (Lipinski definition) is 1. The van der Waals surface area contributed by atoms with Crippen molar-refractivity contribution in [2.24, 2.45) is 0 Å². The first-order valence-corrected chi connectivity index (χ1v) is 12.9. The summed E-state index contributed by atoms with van der Waals surface area (Å²) in [6, 6.07) is 10.0. The van der Waals surface area contributed by atoms with Gasteiger partial charge >= 0.3 is 0 Å². The van der Waals surface area contributed by atoms with Crippen molar-refractivity contribution in [2.75, 3.05) is 9.62 Å². The molecule has 0 spiro atoms. The molecule has 4 aromatic rings. The first-order chi connectivity index (χ1) is 16.8. The second kappa shape index (κ2) is 8.73. The Balaban J connectivity index is 1.63. The molecule has 3 aromatic heterocycles. The van der Waals surface area contributed by atoms with Crippen molar-refractivity contribution in [3.63, 3.8) is 0 Å². The van der Waals surface area contributed by atoms with E-state index < -0.39 is 10.0 Å². The van der Waals surface area contributed by atoms with Gasteiger partial charge in [-0.1, -0.05) is 25.1 Å². The van der Waals surface area contributed by atoms with E-state index in [1.807, 2.05) is 11.5 Å². The van der Waals surface area contributed by atoms with E-state index in [-0.39, 0.29) is 17.0 Å². The standard InChI is InChI=1S/C24H26N8O2S/c1-5-20-24-29-28-16(4)32(24)21-14-26-22(27-23(21)31(20)15(2)3)18-11-12-25-13-19(18)30-35(33,34)17-9-7-6-8-10-17/h6-15,20,30H,5H2,1-4H3. The van der Waals surface area contributed by atoms with Crippen LogP contribution in [0, 0.1) is 6.92 Å². The molecule has 4 heterocycles. The van der Waals surface area contributed by atoms with Crippen LogP contribution < -0.4 is 9.62 Å². The summed E-state index contributed by atoms with van der Waals surface area (Å²) >= 11 is 0. The molecular formula is C24H26N8O2S. The zero-order valence-corrected chi connectivity index (χ0v) is 20.7. The second-order valence-corrected chi connectivity index (χ2v) is 10.3. The van der Waals surface area contributed by atoms with Gasteiger partial charge in [0, 0.05) is 17.8 Å². The number of rotatable bonds is 6. The lowest BCUT2D eigenvalue weighted by molar-refractivity contribution is 0.496. The molecule has 0 fully saturated rings. The summed E-state index contributed by atoms with van der Waals surface area (Å²) in [5, 5.41) is 8.73. The van der Waals surface area contributed by atoms with Crippen LogP contribution in [0.2, 0.25) is 0 Å². The molecule has 1 atom stereocenters. The van der Waals surface area contributed by atoms with Gasteiger partial charge in [0.2, 0.25) is 0 Å². The summed E-state index contributed by atoms with van der Waals surface area (Å²) < 4.78 is 30.6. The van der Waals surface area contributed by atoms with Gasteiger partial charge in [0.15, 0.2) is 17.5 Å². The largest absolute Gasteiger partial charge is 0.342 e. The van der Waals surface area contributed by atoms with Crippen molar-refractivity contribution in [3.8, 4) is 17.1 Å². The molecule has 0 aliphatic carbocycles. The van der Waals surface area contributed by atoms with Crippen molar-refractivity contribution in [3.05, 3.63) is 66.6 Å². The Morgan fingerprint density at radius 2 is 1.86 bits per heavy atom. The van der Waals surface area contributed by atoms with E-state index in [1.165, 1.54) is 18.3 Å². The maximum atomic E-state index is 13.0. The first-order valence-electron chi connectivity index (χ1n) is 11.4. The van der Waals surface area contributed by atoms with E-state index in [1.54, 1.807) is 36.7 Å². The van der Waals surface area contributed by atoms with Gasteiger partial charge in [-0.15, -0.1) is 10.2 Å². The third kappa shape index (κ3) is 3.91. The molecule has 1 aliphatic rings. The quantitative estimate of drug-likeness (QED) is 0.432. The third-order valence-corrected chi connectivity index (χ3v) is 7.40. The molecule has 0 saturated heterocycles. The van der Waals surface area contributed by atoms with Crippen molar-refractivity contribution in [1.82, 2.24) is 29.7 Å². The van der Waals surface area contributed by atoms with Gasteiger partial charge in [-0.3, -0.25) is 14.3 Å². The van der Waals surface area contributed by atoms with Crippen LogP contribution in [0.5, 0.6) is 0 Å². The third-order valence-electron chi connectivity index (χ3n) is 6.02. The molecular weight excluding hydrogens is 464 g/mol. The molecule has 11 heteroatoms. The van der Waals surface area contributed by atoms with Gasteiger partial charge in [-0.25, -0.2) is 18.4 Å². The molecule has 1 aromatic carbocycles. The number of aromatic nitrogens is 6. The predicted octanol–water partition coefficient (Wildman–Crippen LogP) is 3.91. The maximum absolute atomic E-state index is 13.0. The zero-order valence-electron chi connectivity index (χ0n) is 19.9. The van der Waals surface area contributed by atoms with Crippen molar-refractivity contribution in [2.45, 2.75) is 51.1 Å². The number of fused-ring (bicyclic) bond motifs is 3. The lowest BCUT2D eigenvalue weighted by Gasteiger charge is -2.39. The lowest BCUT2D eigenvalue weighted by Crippen LogP contribution is -2.40. The summed E-state index contributed by atoms with van der Waals surface area (Å²) in [4.78, 5) is 16.1. The highest BCUT2D eigenvalue weighted by Crippen LogP contribution is 2.41. The molecule has 0 radical (unpaired) electrons. The van der Waals surface area contributed by atoms with E-state index >= 15 is 0 Å². The van der Waals surface area contributed by atoms with Crippen LogP contribution in [-0.4, -0.2) is 44.2 Å². The predicted molar refractivity (Wildman–Crippen MR) is 133 cm³/mol. The van der Waals surface area contributed by atoms with Gasteiger partial charge in [-0.05, 0) is 45.4 Å². The summed E-state index contributed by atoms with van der Waals surface area (Å²) in [7, 11) is -3.81. The Morgan fingerprint density at radius 1 is 1.09 bits per heavy atom. The van der Waals surface area contributed by atoms with Crippen LogP contribution in [0.25, 0.3) is 17.1 Å². The van der Waals surface area contributed by atoms with Gasteiger partial charge in [0.05, 0.1) is 29.0 Å². The van der Waals surface area contributed by atoms with Gasteiger partial charge < -0.3 is 4.90 Å². The Kier molecular flexibility index (Phi) is 5.72. The Morgan fingerprint density at radius 3 is 2.57 bits per heavy atom. The summed E-state index contributed by atoms with van der Waals surface area (Å²) in [5.74, 6) is 2.77. The molecule has 0 amide bonds. The summed E-state index contributed by atoms with van der Waals surface area (Å²) in [6.45, 7) is 8.24. The van der Waals surface area contributed by atoms with Crippen LogP contribution in [0.1, 0.15) is 44.9 Å². The van der Waals surface area contributed by atoms with E-state index in [9.17, 15) is 8.42 Å². The molecule has 1 aliphatic heterocycles. The summed E-state index contributed by atoms with van der Waals surface area (Å²) in [5.41, 5.74) is 1.63. The number of aryl methyl sites for hydroxylation is 1. The number of nitrogens with one attached hydrogen (secondary N) is 1. The minimum Gasteiger partial charge on any atom is -0.342 e. The second-order valence-electron chi connectivity index (χ2n) is 8.61. The fraction of sp³-hybridized carbons (Fsp3) is 0.292. The normalized spacial score (nSPS) is 15.1. The van der Waals surface area contributed by atoms with Gasteiger partial charge in [0.1, 0.15) is 11.5 Å². The van der Waals surface area contributed by atoms with Crippen molar-refractivity contribution >= 4 is 21.5 Å². The highest BCUT2D eigenvalue weighted by molar-refractivity contribution is 7.92. The number of pyridine rings is 1. The SMILES string of the molecule is CCC1c2nnc(C)n2-c2cnc(-c3ccncc3NS(=O)(=O)c3ccccc3)nc2N1C(C)C. The highest BCUT2D eigenvalue weighted by Gasteiger charge is 2.36. The maximum Gasteiger partial charge on any atom is 0.261 e. The smallest absolute Gasteiger partial charge is 0.261 e. The van der Waals surface area contributed by atoms with Crippen molar-refractivity contribution in [1.29, 1.82) is 0 Å². The van der Waals surface area contributed by atoms with E-state index in [2.05, 4.69) is 50.6 Å². The molecule has 0 saturated carbocycles. The zero-order chi connectivity index (χ0) is 24.7. The van der Waals surface area contributed by atoms with Crippen LogP contribution >= 0.6 is 0 Å². The Bertz CT molecular complexity index is 1480. The van der Waals surface area contributed by atoms with Gasteiger partial charge in [-0.2, -0.15) is 0 Å². The Labute approximate surface area is 204 Å². The number of anilines is 2. The molecule has 1 unspecified atom stereocenters. The average Bonchev–Trinajstić information content (AvgIpc) is 3.24. The highest BCUT2D eigenvalue weighted by atomic mass is 32.2. The van der Waals surface area contributed by atoms with E-state index in [4.69, 9.17) is 4.98 Å².